The number of esters is 1. The van der Waals surface area contributed by atoms with E-state index < -0.39 is 11.9 Å². The van der Waals surface area contributed by atoms with Crippen molar-refractivity contribution in [2.45, 2.75) is 12.8 Å². The van der Waals surface area contributed by atoms with Crippen molar-refractivity contribution in [3.8, 4) is 0 Å². The fourth-order valence-corrected chi connectivity index (χ4v) is 3.54. The first-order valence-electron chi connectivity index (χ1n) is 8.03. The molecule has 1 N–H and O–H groups in total. The highest BCUT2D eigenvalue weighted by molar-refractivity contribution is 7.19. The van der Waals surface area contributed by atoms with Crippen LogP contribution in [0.2, 0.25) is 0 Å². The minimum Gasteiger partial charge on any atom is -0.481 e. The van der Waals surface area contributed by atoms with Crippen LogP contribution in [0.25, 0.3) is 21.9 Å². The fourth-order valence-electron chi connectivity index (χ4n) is 2.53. The van der Waals surface area contributed by atoms with Crippen LogP contribution in [0.4, 0.5) is 0 Å². The zero-order valence-corrected chi connectivity index (χ0v) is 15.0. The van der Waals surface area contributed by atoms with Gasteiger partial charge in [0, 0.05) is 6.42 Å². The Morgan fingerprint density at radius 2 is 1.85 bits per heavy atom. The summed E-state index contributed by atoms with van der Waals surface area (Å²) in [5.41, 5.74) is 3.10. The molecular weight excluding hydrogens is 350 g/mol. The molecule has 0 spiro atoms. The van der Waals surface area contributed by atoms with Gasteiger partial charge in [0.05, 0.1) is 22.9 Å². The minimum absolute atomic E-state index is 0.0298. The van der Waals surface area contributed by atoms with Crippen molar-refractivity contribution >= 4 is 45.1 Å². The second-order valence-corrected chi connectivity index (χ2v) is 6.69. The molecule has 0 aliphatic carbocycles. The lowest BCUT2D eigenvalue weighted by Crippen LogP contribution is -2.00. The number of methoxy groups -OCH3 is 1. The van der Waals surface area contributed by atoms with Gasteiger partial charge in [-0.3, -0.25) is 4.79 Å². The molecule has 0 unspecified atom stereocenters. The van der Waals surface area contributed by atoms with Gasteiger partial charge in [-0.25, -0.2) is 9.78 Å². The molecule has 132 valence electrons. The van der Waals surface area contributed by atoms with Crippen molar-refractivity contribution in [1.82, 2.24) is 4.98 Å². The van der Waals surface area contributed by atoms with Crippen LogP contribution in [0.3, 0.4) is 0 Å². The number of aliphatic carboxylic acids is 1. The van der Waals surface area contributed by atoms with Gasteiger partial charge < -0.3 is 9.84 Å². The number of carbonyl (C=O) groups is 2. The first kappa shape index (κ1) is 17.8. The Morgan fingerprint density at radius 1 is 1.12 bits per heavy atom. The van der Waals surface area contributed by atoms with E-state index in [1.165, 1.54) is 7.11 Å². The van der Waals surface area contributed by atoms with Crippen molar-refractivity contribution in [1.29, 1.82) is 0 Å². The van der Waals surface area contributed by atoms with E-state index >= 15 is 0 Å². The number of benzene rings is 2. The van der Waals surface area contributed by atoms with Gasteiger partial charge in [0.2, 0.25) is 0 Å². The van der Waals surface area contributed by atoms with E-state index in [4.69, 9.17) is 9.84 Å². The monoisotopic (exact) mass is 367 g/mol. The van der Waals surface area contributed by atoms with Crippen LogP contribution in [-0.4, -0.2) is 29.1 Å². The van der Waals surface area contributed by atoms with Crippen LogP contribution in [0.15, 0.2) is 48.5 Å². The molecule has 0 saturated carbocycles. The number of hydrogen-bond acceptors (Lipinski definition) is 5. The molecule has 0 saturated heterocycles. The molecule has 0 bridgehead atoms. The molecule has 0 aliphatic heterocycles. The third kappa shape index (κ3) is 4.15. The molecule has 6 heteroatoms. The van der Waals surface area contributed by atoms with Crippen LogP contribution in [-0.2, 0) is 9.53 Å². The lowest BCUT2D eigenvalue weighted by molar-refractivity contribution is -0.136. The van der Waals surface area contributed by atoms with Gasteiger partial charge in [0.15, 0.2) is 0 Å². The number of aromatic nitrogens is 1. The average Bonchev–Trinajstić information content (AvgIpc) is 3.08. The zero-order valence-electron chi connectivity index (χ0n) is 14.1. The molecule has 0 radical (unpaired) electrons. The second kappa shape index (κ2) is 7.93. The summed E-state index contributed by atoms with van der Waals surface area (Å²) in [4.78, 5) is 27.2. The van der Waals surface area contributed by atoms with Gasteiger partial charge in [-0.15, -0.1) is 11.3 Å². The SMILES string of the molecule is COC(=O)c1ccc(/C=C(/CCC(=O)O)c2nc3ccccc3s2)cc1. The van der Waals surface area contributed by atoms with Gasteiger partial charge in [-0.2, -0.15) is 0 Å². The van der Waals surface area contributed by atoms with E-state index in [1.54, 1.807) is 35.6 Å². The topological polar surface area (TPSA) is 76.5 Å². The van der Waals surface area contributed by atoms with E-state index in [0.29, 0.717) is 12.0 Å². The number of nitrogens with zero attached hydrogens (tertiary/aromatic N) is 1. The molecule has 0 amide bonds. The Morgan fingerprint density at radius 3 is 2.50 bits per heavy atom. The predicted octanol–water partition coefficient (Wildman–Crippen LogP) is 4.49. The predicted molar refractivity (Wildman–Crippen MR) is 102 cm³/mol. The Hall–Kier alpha value is -2.99. The number of ether oxygens (including phenoxy) is 1. The van der Waals surface area contributed by atoms with Crippen LogP contribution in [0.5, 0.6) is 0 Å². The summed E-state index contributed by atoms with van der Waals surface area (Å²) in [7, 11) is 1.34. The fraction of sp³-hybridized carbons (Fsp3) is 0.150. The lowest BCUT2D eigenvalue weighted by Gasteiger charge is -2.04. The van der Waals surface area contributed by atoms with E-state index in [2.05, 4.69) is 4.98 Å². The van der Waals surface area contributed by atoms with Gasteiger partial charge in [-0.05, 0) is 47.9 Å². The smallest absolute Gasteiger partial charge is 0.337 e. The number of rotatable bonds is 6. The van der Waals surface area contributed by atoms with Gasteiger partial charge in [0.25, 0.3) is 0 Å². The summed E-state index contributed by atoms with van der Waals surface area (Å²) in [6, 6.07) is 14.8. The number of fused-ring (bicyclic) bond motifs is 1. The Kier molecular flexibility index (Phi) is 5.43. The maximum atomic E-state index is 11.5. The van der Waals surface area contributed by atoms with Crippen LogP contribution in [0.1, 0.15) is 33.8 Å². The lowest BCUT2D eigenvalue weighted by atomic mass is 10.1. The standard InChI is InChI=1S/C20H17NO4S/c1-25-20(24)14-8-6-13(7-9-14)12-15(10-11-18(22)23)19-21-16-4-2-3-5-17(16)26-19/h2-9,12H,10-11H2,1H3,(H,22,23)/b15-12-. The summed E-state index contributed by atoms with van der Waals surface area (Å²) < 4.78 is 5.76. The number of hydrogen-bond donors (Lipinski definition) is 1. The third-order valence-electron chi connectivity index (χ3n) is 3.85. The highest BCUT2D eigenvalue weighted by atomic mass is 32.1. The maximum Gasteiger partial charge on any atom is 0.337 e. The van der Waals surface area contributed by atoms with Gasteiger partial charge in [-0.1, -0.05) is 24.3 Å². The van der Waals surface area contributed by atoms with Crippen molar-refractivity contribution < 1.29 is 19.4 Å². The number of carbonyl (C=O) groups excluding carboxylic acids is 1. The minimum atomic E-state index is -0.849. The molecular formula is C20H17NO4S. The molecule has 3 rings (SSSR count). The van der Waals surface area contributed by atoms with E-state index in [0.717, 1.165) is 26.4 Å². The van der Waals surface area contributed by atoms with Gasteiger partial charge >= 0.3 is 11.9 Å². The molecule has 5 nitrogen and oxygen atoms in total. The number of para-hydroxylation sites is 1. The molecule has 2 aromatic carbocycles. The normalized spacial score (nSPS) is 11.5. The quantitative estimate of drug-likeness (QED) is 0.650. The summed E-state index contributed by atoms with van der Waals surface area (Å²) in [5, 5.41) is 9.85. The van der Waals surface area contributed by atoms with Crippen molar-refractivity contribution in [3.05, 3.63) is 64.7 Å². The summed E-state index contributed by atoms with van der Waals surface area (Å²) in [6.45, 7) is 0. The third-order valence-corrected chi connectivity index (χ3v) is 4.96. The number of allylic oxidation sites excluding steroid dienone is 1. The van der Waals surface area contributed by atoms with Crippen molar-refractivity contribution in [3.63, 3.8) is 0 Å². The second-order valence-electron chi connectivity index (χ2n) is 5.66. The molecule has 0 atom stereocenters. The largest absolute Gasteiger partial charge is 0.481 e. The van der Waals surface area contributed by atoms with E-state index in [-0.39, 0.29) is 6.42 Å². The highest BCUT2D eigenvalue weighted by Gasteiger charge is 2.11. The summed E-state index contributed by atoms with van der Waals surface area (Å²) in [5.74, 6) is -1.24. The van der Waals surface area contributed by atoms with Crippen LogP contribution in [0, 0.1) is 0 Å². The molecule has 3 aromatic rings. The molecule has 1 heterocycles. The first-order valence-corrected chi connectivity index (χ1v) is 8.85. The molecule has 0 fully saturated rings. The van der Waals surface area contributed by atoms with Crippen LogP contribution >= 0.6 is 11.3 Å². The van der Waals surface area contributed by atoms with Crippen LogP contribution < -0.4 is 0 Å². The summed E-state index contributed by atoms with van der Waals surface area (Å²) >= 11 is 1.54. The van der Waals surface area contributed by atoms with E-state index in [1.807, 2.05) is 30.3 Å². The van der Waals surface area contributed by atoms with Crippen molar-refractivity contribution in [2.75, 3.05) is 7.11 Å². The van der Waals surface area contributed by atoms with Gasteiger partial charge in [0.1, 0.15) is 5.01 Å². The number of thiazole rings is 1. The molecule has 1 aromatic heterocycles. The number of carboxylic acids is 1. The zero-order chi connectivity index (χ0) is 18.5. The average molecular weight is 367 g/mol. The maximum absolute atomic E-state index is 11.5. The molecule has 26 heavy (non-hydrogen) atoms. The van der Waals surface area contributed by atoms with E-state index in [9.17, 15) is 9.59 Å². The number of carboxylic acid groups (broad SMARTS) is 1. The highest BCUT2D eigenvalue weighted by Crippen LogP contribution is 2.31. The summed E-state index contributed by atoms with van der Waals surface area (Å²) in [6.07, 6.45) is 2.33. The first-order chi connectivity index (χ1) is 12.6. The Labute approximate surface area is 154 Å². The molecule has 0 aliphatic rings. The Bertz CT molecular complexity index is 940. The Balaban J connectivity index is 1.95. The van der Waals surface area contributed by atoms with Crippen molar-refractivity contribution in [2.24, 2.45) is 0 Å².